The molecule has 5 rings (SSSR count). The summed E-state index contributed by atoms with van der Waals surface area (Å²) in [5.74, 6) is 0.538. The number of benzene rings is 1. The zero-order valence-electron chi connectivity index (χ0n) is 18.9. The van der Waals surface area contributed by atoms with Crippen molar-refractivity contribution < 1.29 is 13.2 Å². The van der Waals surface area contributed by atoms with E-state index in [4.69, 9.17) is 16.3 Å². The van der Waals surface area contributed by atoms with Gasteiger partial charge in [0, 0.05) is 50.7 Å². The number of rotatable bonds is 8. The molecule has 4 aromatic rings. The highest BCUT2D eigenvalue weighted by molar-refractivity contribution is 7.94. The van der Waals surface area contributed by atoms with E-state index in [1.165, 1.54) is 6.07 Å². The molecular formula is C22H24ClN7O3S2. The number of sulfonamides is 1. The second-order valence-electron chi connectivity index (χ2n) is 8.03. The smallest absolute Gasteiger partial charge is 0.271 e. The molecular weight excluding hydrogens is 510 g/mol. The number of fused-ring (bicyclic) bond motifs is 1. The number of halogens is 1. The maximum absolute atomic E-state index is 12.7. The molecule has 10 nitrogen and oxygen atoms in total. The van der Waals surface area contributed by atoms with Crippen LogP contribution >= 0.6 is 22.9 Å². The summed E-state index contributed by atoms with van der Waals surface area (Å²) in [5.41, 5.74) is 2.52. The molecule has 0 aliphatic carbocycles. The first kappa shape index (κ1) is 23.9. The van der Waals surface area contributed by atoms with Crippen molar-refractivity contribution >= 4 is 55.6 Å². The van der Waals surface area contributed by atoms with E-state index in [0.717, 1.165) is 61.7 Å². The Bertz CT molecular complexity index is 1450. The molecule has 2 N–H and O–H groups in total. The number of hydrogen-bond donors (Lipinski definition) is 2. The van der Waals surface area contributed by atoms with Crippen LogP contribution in [0.5, 0.6) is 0 Å². The molecule has 4 heterocycles. The van der Waals surface area contributed by atoms with E-state index in [9.17, 15) is 8.42 Å². The van der Waals surface area contributed by atoms with E-state index < -0.39 is 10.0 Å². The highest BCUT2D eigenvalue weighted by Gasteiger charge is 2.19. The summed E-state index contributed by atoms with van der Waals surface area (Å²) >= 11 is 6.90. The average molecular weight is 534 g/mol. The normalized spacial score (nSPS) is 14.9. The highest BCUT2D eigenvalue weighted by Crippen LogP contribution is 2.31. The van der Waals surface area contributed by atoms with Crippen LogP contribution in [0, 0.1) is 0 Å². The number of hydrogen-bond acceptors (Lipinski definition) is 9. The first-order chi connectivity index (χ1) is 16.9. The van der Waals surface area contributed by atoms with Gasteiger partial charge in [-0.1, -0.05) is 23.7 Å². The lowest BCUT2D eigenvalue weighted by atomic mass is 10.1. The lowest BCUT2D eigenvalue weighted by Gasteiger charge is -2.26. The molecule has 0 saturated carbocycles. The molecule has 1 fully saturated rings. The molecule has 0 spiro atoms. The summed E-state index contributed by atoms with van der Waals surface area (Å²) in [6.45, 7) is 5.03. The standard InChI is InChI=1S/C22H24ClN7O3S2/c1-29-21-17(14-25-22(26-21)24-7-8-30-9-11-33-12-10-30)20(27-29)15-3-2-4-16(13-15)28-35(31,32)19-6-5-18(23)34-19/h2-6,13-14,28H,7-12H2,1H3,(H,24,25,26). The van der Waals surface area contributed by atoms with Gasteiger partial charge in [-0.2, -0.15) is 10.1 Å². The molecule has 0 atom stereocenters. The number of aromatic nitrogens is 4. The van der Waals surface area contributed by atoms with Gasteiger partial charge in [0.05, 0.1) is 22.9 Å². The van der Waals surface area contributed by atoms with E-state index in [-0.39, 0.29) is 4.21 Å². The van der Waals surface area contributed by atoms with Crippen molar-refractivity contribution in [2.75, 3.05) is 49.4 Å². The van der Waals surface area contributed by atoms with Crippen molar-refractivity contribution in [1.29, 1.82) is 0 Å². The monoisotopic (exact) mass is 533 g/mol. The van der Waals surface area contributed by atoms with Crippen LogP contribution in [0.15, 0.2) is 46.8 Å². The zero-order valence-corrected chi connectivity index (χ0v) is 21.3. The predicted octanol–water partition coefficient (Wildman–Crippen LogP) is 3.29. The van der Waals surface area contributed by atoms with Crippen molar-refractivity contribution in [2.24, 2.45) is 7.05 Å². The van der Waals surface area contributed by atoms with Gasteiger partial charge in [0.25, 0.3) is 10.0 Å². The van der Waals surface area contributed by atoms with Gasteiger partial charge in [0.1, 0.15) is 9.90 Å². The predicted molar refractivity (Wildman–Crippen MR) is 138 cm³/mol. The Labute approximate surface area is 212 Å². The molecule has 1 aromatic carbocycles. The topological polar surface area (TPSA) is 114 Å². The minimum Gasteiger partial charge on any atom is -0.379 e. The van der Waals surface area contributed by atoms with Gasteiger partial charge in [-0.25, -0.2) is 18.1 Å². The van der Waals surface area contributed by atoms with Gasteiger partial charge in [-0.3, -0.25) is 9.62 Å². The molecule has 1 aliphatic heterocycles. The van der Waals surface area contributed by atoms with Crippen LogP contribution in [-0.4, -0.2) is 72.5 Å². The Morgan fingerprint density at radius 3 is 2.80 bits per heavy atom. The van der Waals surface area contributed by atoms with E-state index in [1.54, 1.807) is 35.1 Å². The van der Waals surface area contributed by atoms with Crippen molar-refractivity contribution in [3.63, 3.8) is 0 Å². The van der Waals surface area contributed by atoms with E-state index >= 15 is 0 Å². The van der Waals surface area contributed by atoms with E-state index in [1.807, 2.05) is 13.1 Å². The molecule has 35 heavy (non-hydrogen) atoms. The van der Waals surface area contributed by atoms with Crippen molar-refractivity contribution in [2.45, 2.75) is 4.21 Å². The Kier molecular flexibility index (Phi) is 6.89. The maximum Gasteiger partial charge on any atom is 0.271 e. The second kappa shape index (κ2) is 10.1. The summed E-state index contributed by atoms with van der Waals surface area (Å²) in [5, 5.41) is 8.68. The largest absolute Gasteiger partial charge is 0.379 e. The van der Waals surface area contributed by atoms with Gasteiger partial charge < -0.3 is 10.1 Å². The van der Waals surface area contributed by atoms with Crippen LogP contribution in [0.2, 0.25) is 4.34 Å². The van der Waals surface area contributed by atoms with Crippen LogP contribution in [0.4, 0.5) is 11.6 Å². The summed E-state index contributed by atoms with van der Waals surface area (Å²) < 4.78 is 35.6. The number of nitrogens with zero attached hydrogens (tertiary/aromatic N) is 5. The van der Waals surface area contributed by atoms with Crippen LogP contribution < -0.4 is 10.0 Å². The minimum atomic E-state index is -3.74. The van der Waals surface area contributed by atoms with Gasteiger partial charge >= 0.3 is 0 Å². The maximum atomic E-state index is 12.7. The van der Waals surface area contributed by atoms with Gasteiger partial charge in [-0.15, -0.1) is 11.3 Å². The number of morpholine rings is 1. The fourth-order valence-electron chi connectivity index (χ4n) is 3.86. The van der Waals surface area contributed by atoms with Gasteiger partial charge in [0.15, 0.2) is 5.65 Å². The Morgan fingerprint density at radius 2 is 2.03 bits per heavy atom. The van der Waals surface area contributed by atoms with Crippen molar-refractivity contribution in [1.82, 2.24) is 24.6 Å². The summed E-state index contributed by atoms with van der Waals surface area (Å²) in [4.78, 5) is 11.5. The lowest BCUT2D eigenvalue weighted by Crippen LogP contribution is -2.39. The molecule has 0 unspecified atom stereocenters. The van der Waals surface area contributed by atoms with Crippen LogP contribution in [0.1, 0.15) is 0 Å². The number of aryl methyl sites for hydroxylation is 1. The van der Waals surface area contributed by atoms with E-state index in [2.05, 4.69) is 30.0 Å². The summed E-state index contributed by atoms with van der Waals surface area (Å²) in [6, 6.07) is 10.1. The number of thiophene rings is 1. The third-order valence-electron chi connectivity index (χ3n) is 5.60. The molecule has 1 aliphatic rings. The minimum absolute atomic E-state index is 0.151. The lowest BCUT2D eigenvalue weighted by molar-refractivity contribution is 0.0398. The van der Waals surface area contributed by atoms with Gasteiger partial charge in [-0.05, 0) is 24.3 Å². The van der Waals surface area contributed by atoms with Crippen LogP contribution in [0.25, 0.3) is 22.3 Å². The van der Waals surface area contributed by atoms with Gasteiger partial charge in [0.2, 0.25) is 5.95 Å². The molecule has 0 bridgehead atoms. The van der Waals surface area contributed by atoms with Crippen LogP contribution in [-0.2, 0) is 21.8 Å². The average Bonchev–Trinajstić information content (AvgIpc) is 3.44. The Morgan fingerprint density at radius 1 is 1.20 bits per heavy atom. The third-order valence-corrected chi connectivity index (χ3v) is 8.70. The SMILES string of the molecule is Cn1nc(-c2cccc(NS(=O)(=O)c3ccc(Cl)s3)c2)c2cnc(NCCN3CCOCC3)nc21. The molecule has 3 aromatic heterocycles. The number of nitrogens with one attached hydrogen (secondary N) is 2. The summed E-state index contributed by atoms with van der Waals surface area (Å²) in [7, 11) is -1.91. The fourth-order valence-corrected chi connectivity index (χ4v) is 6.40. The quantitative estimate of drug-likeness (QED) is 0.354. The molecule has 0 amide bonds. The van der Waals surface area contributed by atoms with E-state index in [0.29, 0.717) is 27.3 Å². The van der Waals surface area contributed by atoms with Crippen molar-refractivity contribution in [3.05, 3.63) is 46.9 Å². The third kappa shape index (κ3) is 5.41. The molecule has 1 saturated heterocycles. The Balaban J connectivity index is 1.34. The Hall–Kier alpha value is -2.77. The van der Waals surface area contributed by atoms with Crippen molar-refractivity contribution in [3.8, 4) is 11.3 Å². The second-order valence-corrected chi connectivity index (χ2v) is 11.7. The first-order valence-corrected chi connectivity index (χ1v) is 13.7. The summed E-state index contributed by atoms with van der Waals surface area (Å²) in [6.07, 6.45) is 1.74. The van der Waals surface area contributed by atoms with Crippen LogP contribution in [0.3, 0.4) is 0 Å². The highest BCUT2D eigenvalue weighted by atomic mass is 35.5. The fraction of sp³-hybridized carbons (Fsp3) is 0.318. The number of anilines is 2. The molecule has 0 radical (unpaired) electrons. The first-order valence-electron chi connectivity index (χ1n) is 11.0. The number of ether oxygens (including phenoxy) is 1. The zero-order chi connectivity index (χ0) is 24.4. The molecule has 184 valence electrons. The molecule has 13 heteroatoms.